The van der Waals surface area contributed by atoms with Crippen LogP contribution in [0.15, 0.2) is 30.5 Å². The number of carboxylic acid groups (broad SMARTS) is 1. The number of carboxylic acids is 1. The molecule has 0 unspecified atom stereocenters. The first-order valence-corrected chi connectivity index (χ1v) is 6.41. The molecule has 0 atom stereocenters. The lowest BCUT2D eigenvalue weighted by Gasteiger charge is -2.22. The Morgan fingerprint density at radius 3 is 2.40 bits per heavy atom. The SMILES string of the molecule is Cc1ccc(N(C)c2ncc(C(=O)O)cc2C)c(C)c1. The fraction of sp³-hybridized carbons (Fsp3) is 0.250. The van der Waals surface area contributed by atoms with Crippen LogP contribution >= 0.6 is 0 Å². The monoisotopic (exact) mass is 270 g/mol. The number of nitrogens with zero attached hydrogens (tertiary/aromatic N) is 2. The van der Waals surface area contributed by atoms with Gasteiger partial charge in [0, 0.05) is 18.9 Å². The quantitative estimate of drug-likeness (QED) is 0.927. The zero-order chi connectivity index (χ0) is 14.9. The van der Waals surface area contributed by atoms with Gasteiger partial charge in [-0.3, -0.25) is 0 Å². The second kappa shape index (κ2) is 5.33. The Balaban J connectivity index is 2.43. The Morgan fingerprint density at radius 1 is 1.15 bits per heavy atom. The molecule has 1 aromatic carbocycles. The molecule has 2 aromatic rings. The van der Waals surface area contributed by atoms with E-state index in [9.17, 15) is 4.79 Å². The first-order chi connectivity index (χ1) is 9.40. The van der Waals surface area contributed by atoms with Crippen molar-refractivity contribution in [1.29, 1.82) is 0 Å². The van der Waals surface area contributed by atoms with E-state index in [1.807, 2.05) is 18.9 Å². The fourth-order valence-corrected chi connectivity index (χ4v) is 2.33. The molecule has 0 amide bonds. The summed E-state index contributed by atoms with van der Waals surface area (Å²) in [5.74, 6) is -0.191. The van der Waals surface area contributed by atoms with Crippen molar-refractivity contribution in [3.63, 3.8) is 0 Å². The Labute approximate surface area is 118 Å². The molecular formula is C16H18N2O2. The zero-order valence-electron chi connectivity index (χ0n) is 12.1. The van der Waals surface area contributed by atoms with E-state index < -0.39 is 5.97 Å². The van der Waals surface area contributed by atoms with Gasteiger partial charge in [0.05, 0.1) is 5.56 Å². The zero-order valence-corrected chi connectivity index (χ0v) is 12.1. The predicted molar refractivity (Wildman–Crippen MR) is 79.9 cm³/mol. The van der Waals surface area contributed by atoms with E-state index in [0.29, 0.717) is 0 Å². The summed E-state index contributed by atoms with van der Waals surface area (Å²) < 4.78 is 0. The summed E-state index contributed by atoms with van der Waals surface area (Å²) in [5, 5.41) is 8.98. The third-order valence-electron chi connectivity index (χ3n) is 3.33. The number of pyridine rings is 1. The van der Waals surface area contributed by atoms with Gasteiger partial charge >= 0.3 is 5.97 Å². The van der Waals surface area contributed by atoms with Crippen LogP contribution < -0.4 is 4.90 Å². The molecule has 0 aliphatic rings. The second-order valence-electron chi connectivity index (χ2n) is 5.02. The lowest BCUT2D eigenvalue weighted by atomic mass is 10.1. The maximum absolute atomic E-state index is 10.9. The number of rotatable bonds is 3. The number of anilines is 2. The number of aryl methyl sites for hydroxylation is 3. The van der Waals surface area contributed by atoms with Crippen LogP contribution in [0.1, 0.15) is 27.0 Å². The molecule has 0 fully saturated rings. The lowest BCUT2D eigenvalue weighted by Crippen LogP contribution is -2.14. The van der Waals surface area contributed by atoms with Crippen molar-refractivity contribution < 1.29 is 9.90 Å². The molecule has 1 heterocycles. The molecule has 0 bridgehead atoms. The van der Waals surface area contributed by atoms with Gasteiger partial charge < -0.3 is 10.0 Å². The lowest BCUT2D eigenvalue weighted by molar-refractivity contribution is 0.0696. The highest BCUT2D eigenvalue weighted by atomic mass is 16.4. The molecule has 2 rings (SSSR count). The Bertz CT molecular complexity index is 666. The van der Waals surface area contributed by atoms with Gasteiger partial charge in [-0.25, -0.2) is 9.78 Å². The van der Waals surface area contributed by atoms with Crippen LogP contribution in [0.25, 0.3) is 0 Å². The van der Waals surface area contributed by atoms with Crippen LogP contribution in [-0.2, 0) is 0 Å². The van der Waals surface area contributed by atoms with E-state index in [1.54, 1.807) is 6.07 Å². The van der Waals surface area contributed by atoms with E-state index in [2.05, 4.69) is 37.0 Å². The molecule has 4 nitrogen and oxygen atoms in total. The first-order valence-electron chi connectivity index (χ1n) is 6.41. The van der Waals surface area contributed by atoms with Crippen LogP contribution in [0.2, 0.25) is 0 Å². The molecule has 104 valence electrons. The summed E-state index contributed by atoms with van der Waals surface area (Å²) in [5.41, 5.74) is 4.49. The van der Waals surface area contributed by atoms with E-state index >= 15 is 0 Å². The van der Waals surface area contributed by atoms with Crippen molar-refractivity contribution in [2.45, 2.75) is 20.8 Å². The average molecular weight is 270 g/mol. The highest BCUT2D eigenvalue weighted by Crippen LogP contribution is 2.28. The minimum Gasteiger partial charge on any atom is -0.478 e. The average Bonchev–Trinajstić information content (AvgIpc) is 2.37. The molecule has 0 spiro atoms. The fourth-order valence-electron chi connectivity index (χ4n) is 2.33. The minimum absolute atomic E-state index is 0.209. The van der Waals surface area contributed by atoms with Crippen LogP contribution in [0, 0.1) is 20.8 Å². The molecule has 4 heteroatoms. The Hall–Kier alpha value is -2.36. The standard InChI is InChI=1S/C16H18N2O2/c1-10-5-6-14(11(2)7-10)18(4)15-12(3)8-13(9-17-15)16(19)20/h5-9H,1-4H3,(H,19,20). The summed E-state index contributed by atoms with van der Waals surface area (Å²) in [6.07, 6.45) is 1.39. The largest absolute Gasteiger partial charge is 0.478 e. The highest BCUT2D eigenvalue weighted by Gasteiger charge is 2.13. The van der Waals surface area contributed by atoms with E-state index in [0.717, 1.165) is 22.6 Å². The number of benzene rings is 1. The van der Waals surface area contributed by atoms with E-state index in [4.69, 9.17) is 5.11 Å². The smallest absolute Gasteiger partial charge is 0.337 e. The van der Waals surface area contributed by atoms with Crippen molar-refractivity contribution >= 4 is 17.5 Å². The number of aromatic carboxylic acids is 1. The van der Waals surface area contributed by atoms with Crippen molar-refractivity contribution in [3.8, 4) is 0 Å². The molecule has 0 saturated heterocycles. The third kappa shape index (κ3) is 2.64. The maximum atomic E-state index is 10.9. The van der Waals surface area contributed by atoms with Crippen LogP contribution in [0.4, 0.5) is 11.5 Å². The summed E-state index contributed by atoms with van der Waals surface area (Å²) >= 11 is 0. The molecular weight excluding hydrogens is 252 g/mol. The Morgan fingerprint density at radius 2 is 1.85 bits per heavy atom. The summed E-state index contributed by atoms with van der Waals surface area (Å²) in [7, 11) is 1.94. The van der Waals surface area contributed by atoms with Gasteiger partial charge in [0.2, 0.25) is 0 Å². The van der Waals surface area contributed by atoms with Gasteiger partial charge in [-0.1, -0.05) is 17.7 Å². The minimum atomic E-state index is -0.957. The maximum Gasteiger partial charge on any atom is 0.337 e. The first kappa shape index (κ1) is 14.1. The van der Waals surface area contributed by atoms with E-state index in [1.165, 1.54) is 11.8 Å². The molecule has 0 radical (unpaired) electrons. The van der Waals surface area contributed by atoms with Crippen LogP contribution in [0.3, 0.4) is 0 Å². The third-order valence-corrected chi connectivity index (χ3v) is 3.33. The van der Waals surface area contributed by atoms with Crippen molar-refractivity contribution in [2.24, 2.45) is 0 Å². The number of carbonyl (C=O) groups is 1. The summed E-state index contributed by atoms with van der Waals surface area (Å²) in [6, 6.07) is 7.87. The van der Waals surface area contributed by atoms with Gasteiger partial charge in [-0.15, -0.1) is 0 Å². The van der Waals surface area contributed by atoms with E-state index in [-0.39, 0.29) is 5.56 Å². The predicted octanol–water partition coefficient (Wildman–Crippen LogP) is 3.47. The summed E-state index contributed by atoms with van der Waals surface area (Å²) in [6.45, 7) is 5.98. The second-order valence-corrected chi connectivity index (χ2v) is 5.02. The van der Waals surface area contributed by atoms with Crippen molar-refractivity contribution in [2.75, 3.05) is 11.9 Å². The van der Waals surface area contributed by atoms with Crippen molar-refractivity contribution in [3.05, 3.63) is 52.7 Å². The van der Waals surface area contributed by atoms with Crippen LogP contribution in [-0.4, -0.2) is 23.1 Å². The molecule has 1 aromatic heterocycles. The van der Waals surface area contributed by atoms with Gasteiger partial charge in [-0.2, -0.15) is 0 Å². The number of hydrogen-bond donors (Lipinski definition) is 1. The highest BCUT2D eigenvalue weighted by molar-refractivity contribution is 5.88. The van der Waals surface area contributed by atoms with Gasteiger partial charge in [0.1, 0.15) is 5.82 Å². The molecule has 0 aliphatic carbocycles. The Kier molecular flexibility index (Phi) is 3.74. The normalized spacial score (nSPS) is 10.4. The van der Waals surface area contributed by atoms with Gasteiger partial charge in [0.15, 0.2) is 0 Å². The molecule has 20 heavy (non-hydrogen) atoms. The number of aromatic nitrogens is 1. The van der Waals surface area contributed by atoms with Gasteiger partial charge in [0.25, 0.3) is 0 Å². The molecule has 0 saturated carbocycles. The topological polar surface area (TPSA) is 53.4 Å². The molecule has 0 aliphatic heterocycles. The van der Waals surface area contributed by atoms with Crippen LogP contribution in [0.5, 0.6) is 0 Å². The number of hydrogen-bond acceptors (Lipinski definition) is 3. The summed E-state index contributed by atoms with van der Waals surface area (Å²) in [4.78, 5) is 17.2. The van der Waals surface area contributed by atoms with Gasteiger partial charge in [-0.05, 0) is 44.0 Å². The molecule has 1 N–H and O–H groups in total. The van der Waals surface area contributed by atoms with Crippen molar-refractivity contribution in [1.82, 2.24) is 4.98 Å².